The van der Waals surface area contributed by atoms with Crippen LogP contribution in [-0.2, 0) is 11.3 Å². The van der Waals surface area contributed by atoms with Crippen molar-refractivity contribution in [2.24, 2.45) is 4.99 Å². The summed E-state index contributed by atoms with van der Waals surface area (Å²) < 4.78 is 5.67. The van der Waals surface area contributed by atoms with Crippen LogP contribution in [0.4, 0.5) is 0 Å². The Balaban J connectivity index is 0.00000341. The molecule has 8 heteroatoms. The zero-order chi connectivity index (χ0) is 21.4. The van der Waals surface area contributed by atoms with E-state index in [4.69, 9.17) is 9.73 Å². The number of aromatic nitrogens is 1. The van der Waals surface area contributed by atoms with Gasteiger partial charge in [0.15, 0.2) is 5.96 Å². The summed E-state index contributed by atoms with van der Waals surface area (Å²) in [6, 6.07) is 10.9. The predicted molar refractivity (Wildman–Crippen MR) is 140 cm³/mol. The number of guanidine groups is 1. The van der Waals surface area contributed by atoms with Gasteiger partial charge in [-0.1, -0.05) is 30.3 Å². The minimum absolute atomic E-state index is 0. The van der Waals surface area contributed by atoms with Crippen molar-refractivity contribution in [3.8, 4) is 0 Å². The second-order valence-electron chi connectivity index (χ2n) is 8.05. The summed E-state index contributed by atoms with van der Waals surface area (Å²) in [7, 11) is 2.08. The third-order valence-electron chi connectivity index (χ3n) is 5.57. The van der Waals surface area contributed by atoms with Gasteiger partial charge < -0.3 is 20.3 Å². The van der Waals surface area contributed by atoms with Gasteiger partial charge in [-0.15, -0.1) is 35.3 Å². The van der Waals surface area contributed by atoms with E-state index < -0.39 is 0 Å². The van der Waals surface area contributed by atoms with Crippen LogP contribution >= 0.6 is 35.3 Å². The summed E-state index contributed by atoms with van der Waals surface area (Å²) in [4.78, 5) is 11.8. The summed E-state index contributed by atoms with van der Waals surface area (Å²) in [6.45, 7) is 10.2. The first kappa shape index (κ1) is 26.0. The van der Waals surface area contributed by atoms with E-state index in [1.807, 2.05) is 6.92 Å². The highest BCUT2D eigenvalue weighted by atomic mass is 127. The lowest BCUT2D eigenvalue weighted by atomic mass is 9.88. The van der Waals surface area contributed by atoms with Gasteiger partial charge in [0.2, 0.25) is 0 Å². The molecule has 1 aliphatic heterocycles. The molecule has 1 aliphatic rings. The highest BCUT2D eigenvalue weighted by molar-refractivity contribution is 14.0. The first-order valence-corrected chi connectivity index (χ1v) is 11.7. The fourth-order valence-electron chi connectivity index (χ4n) is 3.89. The fraction of sp³-hybridized carbons (Fsp3) is 0.565. The van der Waals surface area contributed by atoms with E-state index in [-0.39, 0.29) is 35.6 Å². The van der Waals surface area contributed by atoms with Crippen molar-refractivity contribution in [3.63, 3.8) is 0 Å². The SMILES string of the molecule is CCNC(=NCC1(NC(C)c2ccccc2)CCOCC1)N(C)Cc1csc(C)n1.I. The minimum Gasteiger partial charge on any atom is -0.381 e. The molecule has 1 unspecified atom stereocenters. The molecule has 1 atom stereocenters. The van der Waals surface area contributed by atoms with E-state index in [0.717, 1.165) is 62.4 Å². The molecule has 1 saturated heterocycles. The zero-order valence-corrected chi connectivity index (χ0v) is 22.2. The van der Waals surface area contributed by atoms with Gasteiger partial charge in [-0.2, -0.15) is 0 Å². The number of halogens is 1. The molecule has 2 aromatic rings. The van der Waals surface area contributed by atoms with E-state index in [1.54, 1.807) is 11.3 Å². The molecule has 0 bridgehead atoms. The van der Waals surface area contributed by atoms with Gasteiger partial charge in [0.05, 0.1) is 23.8 Å². The third kappa shape index (κ3) is 7.69. The first-order valence-electron chi connectivity index (χ1n) is 10.8. The van der Waals surface area contributed by atoms with Crippen molar-refractivity contribution in [2.75, 3.05) is 33.4 Å². The van der Waals surface area contributed by atoms with Crippen molar-refractivity contribution < 1.29 is 4.74 Å². The van der Waals surface area contributed by atoms with Crippen molar-refractivity contribution in [1.29, 1.82) is 0 Å². The van der Waals surface area contributed by atoms with Gasteiger partial charge >= 0.3 is 0 Å². The van der Waals surface area contributed by atoms with Crippen LogP contribution in [0.15, 0.2) is 40.7 Å². The van der Waals surface area contributed by atoms with Gasteiger partial charge in [0, 0.05) is 43.8 Å². The Kier molecular flexibility index (Phi) is 10.7. The van der Waals surface area contributed by atoms with E-state index in [2.05, 4.69) is 77.1 Å². The number of ether oxygens (including phenoxy) is 1. The van der Waals surface area contributed by atoms with E-state index in [1.165, 1.54) is 5.56 Å². The monoisotopic (exact) mass is 557 g/mol. The quantitative estimate of drug-likeness (QED) is 0.287. The number of aryl methyl sites for hydroxylation is 1. The topological polar surface area (TPSA) is 61.8 Å². The Labute approximate surface area is 207 Å². The molecule has 1 aromatic heterocycles. The lowest BCUT2D eigenvalue weighted by molar-refractivity contribution is 0.0373. The average molecular weight is 558 g/mol. The molecule has 1 fully saturated rings. The number of thiazole rings is 1. The highest BCUT2D eigenvalue weighted by Gasteiger charge is 2.34. The maximum atomic E-state index is 5.67. The normalized spacial score (nSPS) is 17.0. The first-order chi connectivity index (χ1) is 14.5. The van der Waals surface area contributed by atoms with Crippen molar-refractivity contribution in [3.05, 3.63) is 52.0 Å². The summed E-state index contributed by atoms with van der Waals surface area (Å²) in [5.41, 5.74) is 2.32. The van der Waals surface area contributed by atoms with E-state index in [9.17, 15) is 0 Å². The maximum absolute atomic E-state index is 5.67. The number of aliphatic imine (C=N–C) groups is 1. The summed E-state index contributed by atoms with van der Waals surface area (Å²) >= 11 is 1.69. The number of hydrogen-bond donors (Lipinski definition) is 2. The maximum Gasteiger partial charge on any atom is 0.194 e. The number of benzene rings is 1. The number of rotatable bonds is 8. The van der Waals surface area contributed by atoms with Gasteiger partial charge in [-0.25, -0.2) is 4.98 Å². The second-order valence-corrected chi connectivity index (χ2v) is 9.12. The van der Waals surface area contributed by atoms with Gasteiger partial charge in [-0.05, 0) is 39.2 Å². The van der Waals surface area contributed by atoms with Crippen LogP contribution in [-0.4, -0.2) is 54.7 Å². The van der Waals surface area contributed by atoms with Crippen molar-refractivity contribution >= 4 is 41.3 Å². The number of hydrogen-bond acceptors (Lipinski definition) is 5. The Hall–Kier alpha value is -1.23. The van der Waals surface area contributed by atoms with Crippen LogP contribution in [0.25, 0.3) is 0 Å². The fourth-order valence-corrected chi connectivity index (χ4v) is 4.49. The summed E-state index contributed by atoms with van der Waals surface area (Å²) in [5.74, 6) is 0.920. The molecule has 0 amide bonds. The average Bonchev–Trinajstić information content (AvgIpc) is 3.16. The van der Waals surface area contributed by atoms with Crippen molar-refractivity contribution in [2.45, 2.75) is 51.7 Å². The zero-order valence-electron chi connectivity index (χ0n) is 19.1. The van der Waals surface area contributed by atoms with E-state index >= 15 is 0 Å². The molecule has 2 N–H and O–H groups in total. The molecule has 6 nitrogen and oxygen atoms in total. The molecule has 1 aromatic carbocycles. The van der Waals surface area contributed by atoms with Gasteiger partial charge in [0.1, 0.15) is 0 Å². The van der Waals surface area contributed by atoms with Crippen LogP contribution in [0.5, 0.6) is 0 Å². The molecular formula is C23H36IN5OS. The lowest BCUT2D eigenvalue weighted by Crippen LogP contribution is -2.53. The molecular weight excluding hydrogens is 521 g/mol. The van der Waals surface area contributed by atoms with Gasteiger partial charge in [-0.3, -0.25) is 4.99 Å². The smallest absolute Gasteiger partial charge is 0.194 e. The third-order valence-corrected chi connectivity index (χ3v) is 6.39. The number of nitrogens with zero attached hydrogens (tertiary/aromatic N) is 3. The van der Waals surface area contributed by atoms with Crippen LogP contribution in [0, 0.1) is 6.92 Å². The summed E-state index contributed by atoms with van der Waals surface area (Å²) in [5, 5.41) is 10.6. The largest absolute Gasteiger partial charge is 0.381 e. The predicted octanol–water partition coefficient (Wildman–Crippen LogP) is 4.37. The van der Waals surface area contributed by atoms with E-state index in [0.29, 0.717) is 0 Å². The molecule has 3 rings (SSSR count). The molecule has 31 heavy (non-hydrogen) atoms. The molecule has 2 heterocycles. The summed E-state index contributed by atoms with van der Waals surface area (Å²) in [6.07, 6.45) is 1.92. The molecule has 0 saturated carbocycles. The van der Waals surface area contributed by atoms with Crippen LogP contribution < -0.4 is 10.6 Å². The minimum atomic E-state index is -0.0633. The highest BCUT2D eigenvalue weighted by Crippen LogP contribution is 2.26. The van der Waals surface area contributed by atoms with Crippen LogP contribution in [0.2, 0.25) is 0 Å². The Morgan fingerprint density at radius 1 is 1.29 bits per heavy atom. The number of nitrogens with one attached hydrogen (secondary N) is 2. The molecule has 0 radical (unpaired) electrons. The van der Waals surface area contributed by atoms with Gasteiger partial charge in [0.25, 0.3) is 0 Å². The Morgan fingerprint density at radius 3 is 2.61 bits per heavy atom. The standard InChI is InChI=1S/C23H35N5OS.HI/c1-5-24-22(28(4)15-21-16-30-19(3)26-21)25-17-23(11-13-29-14-12-23)27-18(2)20-9-7-6-8-10-20;/h6-10,16,18,27H,5,11-15,17H2,1-4H3,(H,24,25);1H. The molecule has 0 spiro atoms. The van der Waals surface area contributed by atoms with Crippen LogP contribution in [0.1, 0.15) is 49.0 Å². The molecule has 0 aliphatic carbocycles. The molecule has 172 valence electrons. The Bertz CT molecular complexity index is 807. The van der Waals surface area contributed by atoms with Crippen molar-refractivity contribution in [1.82, 2.24) is 20.5 Å². The lowest BCUT2D eigenvalue weighted by Gasteiger charge is -2.39. The second kappa shape index (κ2) is 12.7. The van der Waals surface area contributed by atoms with Crippen LogP contribution in [0.3, 0.4) is 0 Å². The Morgan fingerprint density at radius 2 is 2.00 bits per heavy atom.